The van der Waals surface area contributed by atoms with Gasteiger partial charge < -0.3 is 11.1 Å². The van der Waals surface area contributed by atoms with Crippen LogP contribution < -0.4 is 11.1 Å². The average molecular weight is 272 g/mol. The van der Waals surface area contributed by atoms with Crippen LogP contribution in [-0.2, 0) is 6.54 Å². The van der Waals surface area contributed by atoms with E-state index in [0.717, 1.165) is 19.2 Å². The fraction of sp³-hybridized carbons (Fsp3) is 0.455. The molecular formula is C11H14F2N4O2. The second kappa shape index (κ2) is 5.45. The highest BCUT2D eigenvalue weighted by Gasteiger charge is 2.26. The molecule has 1 aromatic rings. The summed E-state index contributed by atoms with van der Waals surface area (Å²) in [5, 5.41) is 13.7. The molecule has 1 aromatic carbocycles. The molecule has 3 N–H and O–H groups in total. The van der Waals surface area contributed by atoms with Gasteiger partial charge in [0, 0.05) is 38.3 Å². The molecular weight excluding hydrogens is 258 g/mol. The summed E-state index contributed by atoms with van der Waals surface area (Å²) >= 11 is 0. The van der Waals surface area contributed by atoms with Gasteiger partial charge in [0.25, 0.3) is 0 Å². The SMILES string of the molecule is Nc1c(F)c(CN2CCNCC2)cc(F)c1[N+](=O)[O-]. The van der Waals surface area contributed by atoms with Crippen molar-refractivity contribution in [1.29, 1.82) is 0 Å². The van der Waals surface area contributed by atoms with E-state index in [4.69, 9.17) is 5.73 Å². The van der Waals surface area contributed by atoms with Crippen LogP contribution >= 0.6 is 0 Å². The van der Waals surface area contributed by atoms with Gasteiger partial charge in [0.05, 0.1) is 4.92 Å². The lowest BCUT2D eigenvalue weighted by atomic mass is 10.1. The van der Waals surface area contributed by atoms with Crippen molar-refractivity contribution in [3.8, 4) is 0 Å². The zero-order valence-electron chi connectivity index (χ0n) is 10.2. The summed E-state index contributed by atoms with van der Waals surface area (Å²) in [5.74, 6) is -2.01. The molecule has 1 fully saturated rings. The minimum atomic E-state index is -1.10. The molecule has 0 saturated carbocycles. The van der Waals surface area contributed by atoms with Crippen LogP contribution in [0.5, 0.6) is 0 Å². The maximum absolute atomic E-state index is 13.9. The lowest BCUT2D eigenvalue weighted by molar-refractivity contribution is -0.386. The first kappa shape index (κ1) is 13.6. The topological polar surface area (TPSA) is 84.4 Å². The molecule has 0 amide bonds. The lowest BCUT2D eigenvalue weighted by Crippen LogP contribution is -2.43. The molecule has 6 nitrogen and oxygen atoms in total. The normalized spacial score (nSPS) is 16.5. The molecule has 0 atom stereocenters. The first-order valence-corrected chi connectivity index (χ1v) is 5.84. The number of nitrogen functional groups attached to an aromatic ring is 1. The third kappa shape index (κ3) is 2.79. The third-order valence-electron chi connectivity index (χ3n) is 3.09. The van der Waals surface area contributed by atoms with Crippen molar-refractivity contribution in [2.45, 2.75) is 6.54 Å². The fourth-order valence-corrected chi connectivity index (χ4v) is 2.10. The monoisotopic (exact) mass is 272 g/mol. The average Bonchev–Trinajstić information content (AvgIpc) is 2.36. The molecule has 0 aromatic heterocycles. The molecule has 1 saturated heterocycles. The van der Waals surface area contributed by atoms with Gasteiger partial charge in [0.1, 0.15) is 0 Å². The number of benzene rings is 1. The summed E-state index contributed by atoms with van der Waals surface area (Å²) in [4.78, 5) is 11.5. The number of piperazine rings is 1. The number of rotatable bonds is 3. The zero-order chi connectivity index (χ0) is 14.0. The Morgan fingerprint density at radius 2 is 2.05 bits per heavy atom. The number of nitro benzene ring substituents is 1. The van der Waals surface area contributed by atoms with Gasteiger partial charge in [-0.2, -0.15) is 4.39 Å². The number of nitro groups is 1. The molecule has 0 bridgehead atoms. The predicted molar refractivity (Wildman–Crippen MR) is 65.6 cm³/mol. The van der Waals surface area contributed by atoms with Crippen molar-refractivity contribution in [1.82, 2.24) is 10.2 Å². The number of hydrogen-bond donors (Lipinski definition) is 2. The fourth-order valence-electron chi connectivity index (χ4n) is 2.10. The van der Waals surface area contributed by atoms with E-state index in [-0.39, 0.29) is 12.1 Å². The highest BCUT2D eigenvalue weighted by Crippen LogP contribution is 2.30. The molecule has 0 spiro atoms. The Balaban J connectivity index is 2.29. The van der Waals surface area contributed by atoms with Gasteiger partial charge in [-0.05, 0) is 6.07 Å². The van der Waals surface area contributed by atoms with E-state index in [1.165, 1.54) is 0 Å². The Kier molecular flexibility index (Phi) is 3.91. The summed E-state index contributed by atoms with van der Waals surface area (Å²) in [6, 6.07) is 0.853. The number of halogens is 2. The predicted octanol–water partition coefficient (Wildman–Crippen LogP) is 0.860. The Morgan fingerprint density at radius 3 is 2.63 bits per heavy atom. The van der Waals surface area contributed by atoms with Crippen LogP contribution in [-0.4, -0.2) is 36.0 Å². The first-order valence-electron chi connectivity index (χ1n) is 5.84. The van der Waals surface area contributed by atoms with E-state index < -0.39 is 27.9 Å². The number of nitrogens with one attached hydrogen (secondary N) is 1. The summed E-state index contributed by atoms with van der Waals surface area (Å²) in [6.07, 6.45) is 0. The van der Waals surface area contributed by atoms with Gasteiger partial charge >= 0.3 is 5.69 Å². The van der Waals surface area contributed by atoms with Crippen molar-refractivity contribution >= 4 is 11.4 Å². The zero-order valence-corrected chi connectivity index (χ0v) is 10.2. The second-order valence-corrected chi connectivity index (χ2v) is 4.38. The summed E-state index contributed by atoms with van der Waals surface area (Å²) in [6.45, 7) is 3.14. The van der Waals surface area contributed by atoms with Gasteiger partial charge in [-0.15, -0.1) is 0 Å². The van der Waals surface area contributed by atoms with Crippen molar-refractivity contribution in [2.75, 3.05) is 31.9 Å². The Hall–Kier alpha value is -1.80. The van der Waals surface area contributed by atoms with Crippen LogP contribution in [0.15, 0.2) is 6.07 Å². The number of hydrogen-bond acceptors (Lipinski definition) is 5. The van der Waals surface area contributed by atoms with E-state index in [9.17, 15) is 18.9 Å². The Labute approximate surface area is 108 Å². The molecule has 8 heteroatoms. The van der Waals surface area contributed by atoms with E-state index in [1.807, 2.05) is 4.90 Å². The van der Waals surface area contributed by atoms with Gasteiger partial charge in [0.15, 0.2) is 11.5 Å². The Morgan fingerprint density at radius 1 is 1.42 bits per heavy atom. The first-order chi connectivity index (χ1) is 9.00. The van der Waals surface area contributed by atoms with Gasteiger partial charge in [-0.25, -0.2) is 4.39 Å². The van der Waals surface area contributed by atoms with E-state index >= 15 is 0 Å². The summed E-state index contributed by atoms with van der Waals surface area (Å²) in [5.41, 5.74) is 3.61. The highest BCUT2D eigenvalue weighted by molar-refractivity contribution is 5.61. The maximum atomic E-state index is 13.9. The molecule has 1 heterocycles. The molecule has 2 rings (SSSR count). The largest absolute Gasteiger partial charge is 0.391 e. The standard InChI is InChI=1S/C11H14F2N4O2/c12-8-5-7(6-16-3-1-15-2-4-16)9(13)10(14)11(8)17(18)19/h5,15H,1-4,6,14H2. The van der Waals surface area contributed by atoms with Gasteiger partial charge in [0.2, 0.25) is 5.82 Å². The van der Waals surface area contributed by atoms with Crippen LogP contribution in [0.4, 0.5) is 20.2 Å². The van der Waals surface area contributed by atoms with E-state index in [1.54, 1.807) is 0 Å². The molecule has 19 heavy (non-hydrogen) atoms. The third-order valence-corrected chi connectivity index (χ3v) is 3.09. The summed E-state index contributed by atoms with van der Waals surface area (Å²) in [7, 11) is 0. The molecule has 0 unspecified atom stereocenters. The lowest BCUT2D eigenvalue weighted by Gasteiger charge is -2.27. The Bertz CT molecular complexity index is 504. The van der Waals surface area contributed by atoms with Crippen molar-refractivity contribution in [3.63, 3.8) is 0 Å². The number of anilines is 1. The second-order valence-electron chi connectivity index (χ2n) is 4.38. The number of nitrogens with zero attached hydrogens (tertiary/aromatic N) is 2. The molecule has 1 aliphatic rings. The van der Waals surface area contributed by atoms with Crippen LogP contribution in [0.2, 0.25) is 0 Å². The van der Waals surface area contributed by atoms with Crippen LogP contribution in [0, 0.1) is 21.7 Å². The smallest absolute Gasteiger partial charge is 0.330 e. The van der Waals surface area contributed by atoms with Crippen molar-refractivity contribution < 1.29 is 13.7 Å². The van der Waals surface area contributed by atoms with Crippen LogP contribution in [0.3, 0.4) is 0 Å². The van der Waals surface area contributed by atoms with Crippen LogP contribution in [0.1, 0.15) is 5.56 Å². The van der Waals surface area contributed by atoms with Crippen LogP contribution in [0.25, 0.3) is 0 Å². The highest BCUT2D eigenvalue weighted by atomic mass is 19.1. The van der Waals surface area contributed by atoms with Crippen molar-refractivity contribution in [3.05, 3.63) is 33.4 Å². The van der Waals surface area contributed by atoms with Gasteiger partial charge in [-0.1, -0.05) is 0 Å². The summed E-state index contributed by atoms with van der Waals surface area (Å²) < 4.78 is 27.5. The minimum Gasteiger partial charge on any atom is -0.391 e. The molecule has 1 aliphatic heterocycles. The van der Waals surface area contributed by atoms with Gasteiger partial charge in [-0.3, -0.25) is 15.0 Å². The molecule has 0 aliphatic carbocycles. The van der Waals surface area contributed by atoms with E-state index in [0.29, 0.717) is 13.1 Å². The minimum absolute atomic E-state index is 0.0440. The van der Waals surface area contributed by atoms with E-state index in [2.05, 4.69) is 5.32 Å². The van der Waals surface area contributed by atoms with Crippen molar-refractivity contribution in [2.24, 2.45) is 0 Å². The molecule has 104 valence electrons. The quantitative estimate of drug-likeness (QED) is 0.484. The number of nitrogens with two attached hydrogens (primary N) is 1. The molecule has 0 radical (unpaired) electrons. The maximum Gasteiger partial charge on any atom is 0.330 e.